The van der Waals surface area contributed by atoms with Crippen molar-refractivity contribution in [2.24, 2.45) is 23.7 Å². The number of hydrogen-bond donors (Lipinski definition) is 0. The molecule has 1 aromatic heterocycles. The molecule has 0 radical (unpaired) electrons. The molecule has 2 bridgehead atoms. The molecule has 7 aromatic carbocycles. The summed E-state index contributed by atoms with van der Waals surface area (Å²) >= 11 is 0. The Balaban J connectivity index is 1.01. The molecule has 13 rings (SSSR count). The van der Waals surface area contributed by atoms with Gasteiger partial charge in [-0.05, 0) is 143 Å². The molecule has 3 saturated carbocycles. The Hall–Kier alpha value is -5.86. The lowest BCUT2D eigenvalue weighted by Gasteiger charge is -2.54. The van der Waals surface area contributed by atoms with E-state index in [-0.39, 0.29) is 10.8 Å². The van der Waals surface area contributed by atoms with E-state index in [0.29, 0.717) is 11.8 Å². The van der Waals surface area contributed by atoms with Gasteiger partial charge in [-0.1, -0.05) is 148 Å². The van der Waals surface area contributed by atoms with Crippen LogP contribution in [0.5, 0.6) is 0 Å². The van der Waals surface area contributed by atoms with Gasteiger partial charge in [0.05, 0.1) is 5.69 Å². The highest BCUT2D eigenvalue weighted by Crippen LogP contribution is 2.65. The van der Waals surface area contributed by atoms with Crippen LogP contribution in [0, 0.1) is 23.7 Å². The van der Waals surface area contributed by atoms with Crippen LogP contribution < -0.4 is 4.90 Å². The highest BCUT2D eigenvalue weighted by molar-refractivity contribution is 6.09. The summed E-state index contributed by atoms with van der Waals surface area (Å²) in [7, 11) is 0. The monoisotopic (exact) mass is 791 g/mol. The third-order valence-corrected chi connectivity index (χ3v) is 16.6. The first kappa shape index (κ1) is 35.9. The van der Waals surface area contributed by atoms with E-state index in [9.17, 15) is 0 Å². The number of anilines is 3. The van der Waals surface area contributed by atoms with Crippen LogP contribution in [0.15, 0.2) is 156 Å². The van der Waals surface area contributed by atoms with Crippen LogP contribution in [-0.2, 0) is 10.8 Å². The maximum Gasteiger partial charge on any atom is 0.143 e. The fourth-order valence-corrected chi connectivity index (χ4v) is 14.4. The second-order valence-electron chi connectivity index (χ2n) is 19.7. The molecule has 2 spiro atoms. The topological polar surface area (TPSA) is 16.4 Å². The molecule has 0 N–H and O–H groups in total. The number of para-hydroxylation sites is 2. The van der Waals surface area contributed by atoms with E-state index in [4.69, 9.17) is 4.42 Å². The van der Waals surface area contributed by atoms with Crippen LogP contribution in [0.4, 0.5) is 17.1 Å². The molecule has 1 heterocycles. The number of nitrogens with zero attached hydrogens (tertiary/aromatic N) is 1. The van der Waals surface area contributed by atoms with Gasteiger partial charge in [-0.3, -0.25) is 0 Å². The van der Waals surface area contributed by atoms with Crippen LogP contribution in [-0.4, -0.2) is 0 Å². The van der Waals surface area contributed by atoms with Crippen LogP contribution in [0.3, 0.4) is 0 Å². The van der Waals surface area contributed by atoms with E-state index in [0.717, 1.165) is 44.9 Å². The number of furan rings is 1. The summed E-state index contributed by atoms with van der Waals surface area (Å²) in [5.41, 5.74) is 19.9. The molecular weight excluding hydrogens is 739 g/mol. The molecular formula is C59H53NO. The minimum absolute atomic E-state index is 0.0695. The van der Waals surface area contributed by atoms with Crippen molar-refractivity contribution in [3.63, 3.8) is 0 Å². The molecule has 5 atom stereocenters. The third kappa shape index (κ3) is 4.97. The van der Waals surface area contributed by atoms with Gasteiger partial charge < -0.3 is 9.32 Å². The van der Waals surface area contributed by atoms with E-state index in [1.54, 1.807) is 11.1 Å². The van der Waals surface area contributed by atoms with Crippen LogP contribution in [0.2, 0.25) is 0 Å². The summed E-state index contributed by atoms with van der Waals surface area (Å²) < 4.78 is 6.54. The van der Waals surface area contributed by atoms with Crippen molar-refractivity contribution in [2.75, 3.05) is 4.90 Å². The highest BCUT2D eigenvalue weighted by atomic mass is 16.3. The maximum atomic E-state index is 6.54. The zero-order valence-electron chi connectivity index (χ0n) is 35.5. The fraction of sp³-hybridized carbons (Fsp3) is 0.288. The Bertz CT molecular complexity index is 3030. The van der Waals surface area contributed by atoms with Gasteiger partial charge >= 0.3 is 0 Å². The number of benzene rings is 7. The van der Waals surface area contributed by atoms with Crippen molar-refractivity contribution in [3.05, 3.63) is 174 Å². The van der Waals surface area contributed by atoms with Crippen LogP contribution >= 0.6 is 0 Å². The SMILES string of the molecule is C[C@@H]1CC2C[C@@H](C1)[C@@]1(c3ccccc3-c3cc(N(c4ccc(-c5cccc6c5oc5ccccc56)cc4)c4cccc5c4-c4ccccc4C54CCCCC4)ccc31)[C@@H](C)C2. The van der Waals surface area contributed by atoms with Gasteiger partial charge in [0.1, 0.15) is 11.2 Å². The Morgan fingerprint density at radius 2 is 1.21 bits per heavy atom. The van der Waals surface area contributed by atoms with Gasteiger partial charge in [0.15, 0.2) is 0 Å². The van der Waals surface area contributed by atoms with E-state index < -0.39 is 0 Å². The molecule has 0 amide bonds. The lowest BCUT2D eigenvalue weighted by atomic mass is 9.49. The van der Waals surface area contributed by atoms with Gasteiger partial charge in [0, 0.05) is 44.1 Å². The zero-order valence-corrected chi connectivity index (χ0v) is 35.5. The predicted octanol–water partition coefficient (Wildman–Crippen LogP) is 16.3. The minimum Gasteiger partial charge on any atom is -0.455 e. The van der Waals surface area contributed by atoms with Gasteiger partial charge in [-0.15, -0.1) is 0 Å². The van der Waals surface area contributed by atoms with Crippen molar-refractivity contribution in [2.45, 2.75) is 82.5 Å². The molecule has 300 valence electrons. The van der Waals surface area contributed by atoms with Crippen LogP contribution in [0.25, 0.3) is 55.3 Å². The average molecular weight is 792 g/mol. The second-order valence-corrected chi connectivity index (χ2v) is 19.7. The molecule has 1 unspecified atom stereocenters. The first-order valence-electron chi connectivity index (χ1n) is 23.3. The Morgan fingerprint density at radius 1 is 0.525 bits per heavy atom. The third-order valence-electron chi connectivity index (χ3n) is 16.6. The van der Waals surface area contributed by atoms with Gasteiger partial charge in [-0.2, -0.15) is 0 Å². The summed E-state index contributed by atoms with van der Waals surface area (Å²) in [4.78, 5) is 2.60. The van der Waals surface area contributed by atoms with Crippen molar-refractivity contribution >= 4 is 39.0 Å². The highest BCUT2D eigenvalue weighted by Gasteiger charge is 2.56. The summed E-state index contributed by atoms with van der Waals surface area (Å²) in [6, 6.07) is 58.0. The summed E-state index contributed by atoms with van der Waals surface area (Å²) in [5, 5.41) is 2.33. The molecule has 8 aromatic rings. The summed E-state index contributed by atoms with van der Waals surface area (Å²) in [5.74, 6) is 2.94. The summed E-state index contributed by atoms with van der Waals surface area (Å²) in [6.45, 7) is 5.10. The van der Waals surface area contributed by atoms with E-state index in [1.165, 1.54) is 108 Å². The van der Waals surface area contributed by atoms with Crippen molar-refractivity contribution in [3.8, 4) is 33.4 Å². The Labute approximate surface area is 360 Å². The quantitative estimate of drug-likeness (QED) is 0.177. The molecule has 5 aliphatic rings. The van der Waals surface area contributed by atoms with Crippen LogP contribution in [0.1, 0.15) is 93.9 Å². The Morgan fingerprint density at radius 3 is 2.08 bits per heavy atom. The summed E-state index contributed by atoms with van der Waals surface area (Å²) in [6.07, 6.45) is 11.8. The van der Waals surface area contributed by atoms with Gasteiger partial charge in [0.2, 0.25) is 0 Å². The van der Waals surface area contributed by atoms with E-state index >= 15 is 0 Å². The predicted molar refractivity (Wildman–Crippen MR) is 253 cm³/mol. The molecule has 0 saturated heterocycles. The second kappa shape index (κ2) is 13.3. The smallest absolute Gasteiger partial charge is 0.143 e. The average Bonchev–Trinajstić information content (AvgIpc) is 3.92. The zero-order chi connectivity index (χ0) is 40.5. The normalized spacial score (nSPS) is 24.2. The number of fused-ring (bicyclic) bond motifs is 16. The first-order chi connectivity index (χ1) is 30.0. The van der Waals surface area contributed by atoms with E-state index in [1.807, 2.05) is 0 Å². The lowest BCUT2D eigenvalue weighted by Crippen LogP contribution is -2.49. The Kier molecular flexibility index (Phi) is 7.83. The maximum absolute atomic E-state index is 6.54. The first-order valence-corrected chi connectivity index (χ1v) is 23.3. The lowest BCUT2D eigenvalue weighted by molar-refractivity contribution is 0.0426. The molecule has 5 aliphatic carbocycles. The van der Waals surface area contributed by atoms with E-state index in [2.05, 4.69) is 170 Å². The molecule has 0 aliphatic heterocycles. The molecule has 2 nitrogen and oxygen atoms in total. The fourth-order valence-electron chi connectivity index (χ4n) is 14.4. The minimum atomic E-state index is 0.0695. The van der Waals surface area contributed by atoms with Gasteiger partial charge in [-0.25, -0.2) is 0 Å². The van der Waals surface area contributed by atoms with Crippen molar-refractivity contribution < 1.29 is 4.42 Å². The molecule has 61 heavy (non-hydrogen) atoms. The van der Waals surface area contributed by atoms with Crippen molar-refractivity contribution in [1.29, 1.82) is 0 Å². The molecule has 2 heteroatoms. The standard InChI is InChI=1S/C59H53NO/c1-37-32-39-34-38(2)59(41(33-37)35-39)51-20-8-4-14-45(51)49-36-43(28-29-52(49)59)60(54-22-13-21-53-56(54)48-16-5-7-19-50(48)58(53)30-10-3-11-31-58)42-26-24-40(25-27-42)44-17-12-18-47-46-15-6-9-23-55(46)61-57(44)47/h4-9,12-29,36-39,41H,3,10-11,30-35H2,1-2H3/t37-,38+,39?,41-,59-/m1/s1. The molecule has 3 fully saturated rings. The number of hydrogen-bond acceptors (Lipinski definition) is 2. The largest absolute Gasteiger partial charge is 0.455 e. The van der Waals surface area contributed by atoms with Gasteiger partial charge in [0.25, 0.3) is 0 Å². The van der Waals surface area contributed by atoms with Crippen molar-refractivity contribution in [1.82, 2.24) is 0 Å². The number of rotatable bonds is 4.